The van der Waals surface area contributed by atoms with Crippen molar-refractivity contribution in [2.24, 2.45) is 5.92 Å². The minimum Gasteiger partial charge on any atom is -0.384 e. The van der Waals surface area contributed by atoms with Gasteiger partial charge in [-0.2, -0.15) is 0 Å². The number of fused-ring (bicyclic) bond motifs is 2. The fourth-order valence-electron chi connectivity index (χ4n) is 3.30. The topological polar surface area (TPSA) is 90.9 Å². The molecule has 0 radical (unpaired) electrons. The van der Waals surface area contributed by atoms with Crippen LogP contribution in [0.1, 0.15) is 13.8 Å². The molecule has 0 atom stereocenters. The molecule has 9 heteroatoms. The summed E-state index contributed by atoms with van der Waals surface area (Å²) in [7, 11) is -4.10. The standard InChI is InChI=1S/C20H18Cl2N4O2S/c1-11(2)10-26-19(23)18(29(27,28)16-9-12(21)7-8-13(16)22)17-20(26)25-15-6-4-3-5-14(15)24-17/h3-9,11H,10,23H2,1-2H3. The molecule has 2 aromatic heterocycles. The number of nitrogen functional groups attached to an aromatic ring is 1. The lowest BCUT2D eigenvalue weighted by molar-refractivity contribution is 0.535. The number of benzene rings is 2. The number of nitrogens with two attached hydrogens (primary N) is 1. The van der Waals surface area contributed by atoms with Gasteiger partial charge in [0, 0.05) is 11.6 Å². The van der Waals surface area contributed by atoms with Gasteiger partial charge in [-0.15, -0.1) is 0 Å². The molecule has 2 aromatic carbocycles. The molecule has 29 heavy (non-hydrogen) atoms. The second kappa shape index (κ2) is 7.16. The molecular formula is C20H18Cl2N4O2S. The zero-order chi connectivity index (χ0) is 20.9. The Labute approximate surface area is 178 Å². The van der Waals surface area contributed by atoms with E-state index in [1.165, 1.54) is 18.2 Å². The van der Waals surface area contributed by atoms with E-state index < -0.39 is 9.84 Å². The van der Waals surface area contributed by atoms with Gasteiger partial charge in [0.15, 0.2) is 5.65 Å². The first kappa shape index (κ1) is 19.9. The van der Waals surface area contributed by atoms with Crippen molar-refractivity contribution in [1.29, 1.82) is 0 Å². The van der Waals surface area contributed by atoms with Gasteiger partial charge in [0.1, 0.15) is 16.2 Å². The summed E-state index contributed by atoms with van der Waals surface area (Å²) in [5.41, 5.74) is 8.25. The predicted molar refractivity (Wildman–Crippen MR) is 116 cm³/mol. The van der Waals surface area contributed by atoms with Crippen molar-refractivity contribution in [2.75, 3.05) is 5.73 Å². The van der Waals surface area contributed by atoms with Crippen LogP contribution in [0, 0.1) is 5.92 Å². The van der Waals surface area contributed by atoms with Crippen LogP contribution in [0.25, 0.3) is 22.2 Å². The van der Waals surface area contributed by atoms with Crippen molar-refractivity contribution in [3.63, 3.8) is 0 Å². The second-order valence-corrected chi connectivity index (χ2v) is 9.88. The molecule has 0 saturated heterocycles. The SMILES string of the molecule is CC(C)Cn1c(N)c(S(=O)(=O)c2cc(Cl)ccc2Cl)c2nc3ccccc3nc21. The van der Waals surface area contributed by atoms with Crippen LogP contribution in [0.5, 0.6) is 0 Å². The first-order chi connectivity index (χ1) is 13.7. The van der Waals surface area contributed by atoms with Crippen LogP contribution in [0.3, 0.4) is 0 Å². The van der Waals surface area contributed by atoms with Gasteiger partial charge in [0.2, 0.25) is 9.84 Å². The summed E-state index contributed by atoms with van der Waals surface area (Å²) in [6.07, 6.45) is 0. The van der Waals surface area contributed by atoms with Crippen LogP contribution in [-0.4, -0.2) is 23.0 Å². The van der Waals surface area contributed by atoms with E-state index in [4.69, 9.17) is 28.9 Å². The largest absolute Gasteiger partial charge is 0.384 e. The Morgan fingerprint density at radius 1 is 1.07 bits per heavy atom. The molecule has 6 nitrogen and oxygen atoms in total. The number of rotatable bonds is 4. The minimum atomic E-state index is -4.10. The normalized spacial score (nSPS) is 12.3. The van der Waals surface area contributed by atoms with E-state index in [0.717, 1.165) is 0 Å². The Hall–Kier alpha value is -2.35. The van der Waals surface area contributed by atoms with Crippen LogP contribution in [-0.2, 0) is 16.4 Å². The number of hydrogen-bond acceptors (Lipinski definition) is 5. The summed E-state index contributed by atoms with van der Waals surface area (Å²) in [5.74, 6) is 0.298. The number of hydrogen-bond donors (Lipinski definition) is 1. The van der Waals surface area contributed by atoms with Crippen molar-refractivity contribution in [3.05, 3.63) is 52.5 Å². The molecule has 0 saturated carbocycles. The molecule has 2 N–H and O–H groups in total. The maximum atomic E-state index is 13.6. The molecule has 150 valence electrons. The van der Waals surface area contributed by atoms with E-state index in [2.05, 4.69) is 9.97 Å². The molecule has 0 amide bonds. The first-order valence-electron chi connectivity index (χ1n) is 8.94. The third-order valence-corrected chi connectivity index (χ3v) is 7.08. The van der Waals surface area contributed by atoms with E-state index >= 15 is 0 Å². The fraction of sp³-hybridized carbons (Fsp3) is 0.200. The van der Waals surface area contributed by atoms with Crippen LogP contribution >= 0.6 is 23.2 Å². The summed E-state index contributed by atoms with van der Waals surface area (Å²) in [6.45, 7) is 4.53. The zero-order valence-corrected chi connectivity index (χ0v) is 18.1. The average Bonchev–Trinajstić information content (AvgIpc) is 2.93. The Morgan fingerprint density at radius 3 is 2.38 bits per heavy atom. The zero-order valence-electron chi connectivity index (χ0n) is 15.7. The number of halogens is 2. The molecule has 0 fully saturated rings. The van der Waals surface area contributed by atoms with Gasteiger partial charge in [-0.3, -0.25) is 0 Å². The maximum Gasteiger partial charge on any atom is 0.213 e. The van der Waals surface area contributed by atoms with E-state index in [1.807, 2.05) is 32.0 Å². The number of sulfone groups is 1. The molecule has 4 rings (SSSR count). The molecular weight excluding hydrogens is 431 g/mol. The maximum absolute atomic E-state index is 13.6. The third-order valence-electron chi connectivity index (χ3n) is 4.55. The van der Waals surface area contributed by atoms with Crippen LogP contribution in [0.15, 0.2) is 52.3 Å². The Kier molecular flexibility index (Phi) is 4.93. The van der Waals surface area contributed by atoms with Gasteiger partial charge in [-0.1, -0.05) is 49.2 Å². The summed E-state index contributed by atoms with van der Waals surface area (Å²) < 4.78 is 28.8. The van der Waals surface area contributed by atoms with Crippen molar-refractivity contribution in [1.82, 2.24) is 14.5 Å². The highest BCUT2D eigenvalue weighted by atomic mass is 35.5. The first-order valence-corrected chi connectivity index (χ1v) is 11.2. The lowest BCUT2D eigenvalue weighted by Gasteiger charge is -2.11. The molecule has 0 aliphatic carbocycles. The fourth-order valence-corrected chi connectivity index (χ4v) is 5.56. The van der Waals surface area contributed by atoms with E-state index in [9.17, 15) is 8.42 Å². The van der Waals surface area contributed by atoms with Crippen molar-refractivity contribution in [3.8, 4) is 0 Å². The Morgan fingerprint density at radius 2 is 1.72 bits per heavy atom. The van der Waals surface area contributed by atoms with Crippen LogP contribution < -0.4 is 5.73 Å². The van der Waals surface area contributed by atoms with Gasteiger partial charge < -0.3 is 10.3 Å². The van der Waals surface area contributed by atoms with Crippen LogP contribution in [0.2, 0.25) is 10.0 Å². The molecule has 0 bridgehead atoms. The van der Waals surface area contributed by atoms with Gasteiger partial charge in [-0.05, 0) is 36.2 Å². The highest BCUT2D eigenvalue weighted by Crippen LogP contribution is 2.38. The van der Waals surface area contributed by atoms with E-state index in [1.54, 1.807) is 10.6 Å². The lowest BCUT2D eigenvalue weighted by atomic mass is 10.2. The van der Waals surface area contributed by atoms with Gasteiger partial charge in [0.25, 0.3) is 0 Å². The highest BCUT2D eigenvalue weighted by molar-refractivity contribution is 7.92. The second-order valence-electron chi connectivity index (χ2n) is 7.18. The smallest absolute Gasteiger partial charge is 0.213 e. The molecule has 0 spiro atoms. The van der Waals surface area contributed by atoms with Crippen molar-refractivity contribution in [2.45, 2.75) is 30.2 Å². The quantitative estimate of drug-likeness (QED) is 0.476. The van der Waals surface area contributed by atoms with Gasteiger partial charge >= 0.3 is 0 Å². The third kappa shape index (κ3) is 3.33. The summed E-state index contributed by atoms with van der Waals surface area (Å²) in [6, 6.07) is 11.6. The predicted octanol–water partition coefficient (Wildman–Crippen LogP) is 4.96. The molecule has 0 aliphatic heterocycles. The number of aromatic nitrogens is 3. The van der Waals surface area contributed by atoms with E-state index in [-0.39, 0.29) is 37.1 Å². The van der Waals surface area contributed by atoms with Crippen molar-refractivity contribution >= 4 is 61.1 Å². The number of nitrogens with zero attached hydrogens (tertiary/aromatic N) is 3. The molecule has 0 aliphatic rings. The van der Waals surface area contributed by atoms with Gasteiger partial charge in [0.05, 0.1) is 21.0 Å². The summed E-state index contributed by atoms with van der Waals surface area (Å²) in [4.78, 5) is 9.03. The van der Waals surface area contributed by atoms with E-state index in [0.29, 0.717) is 23.2 Å². The lowest BCUT2D eigenvalue weighted by Crippen LogP contribution is -2.11. The van der Waals surface area contributed by atoms with Crippen molar-refractivity contribution < 1.29 is 8.42 Å². The average molecular weight is 449 g/mol. The van der Waals surface area contributed by atoms with Crippen LogP contribution in [0.4, 0.5) is 5.82 Å². The molecule has 4 aromatic rings. The monoisotopic (exact) mass is 448 g/mol. The number of anilines is 1. The Balaban J connectivity index is 2.12. The summed E-state index contributed by atoms with van der Waals surface area (Å²) in [5, 5.41) is 0.321. The molecule has 0 unspecified atom stereocenters. The minimum absolute atomic E-state index is 0.0623. The number of para-hydroxylation sites is 2. The van der Waals surface area contributed by atoms with Gasteiger partial charge in [-0.25, -0.2) is 18.4 Å². The Bertz CT molecular complexity index is 1360. The summed E-state index contributed by atoms with van der Waals surface area (Å²) >= 11 is 12.2. The highest BCUT2D eigenvalue weighted by Gasteiger charge is 2.32. The molecule has 2 heterocycles.